The first-order valence-electron chi connectivity index (χ1n) is 11.3. The average molecular weight is 582 g/mol. The molecule has 3 rings (SSSR count). The van der Waals surface area contributed by atoms with E-state index in [4.69, 9.17) is 14.6 Å². The molecule has 0 saturated carbocycles. The van der Waals surface area contributed by atoms with Gasteiger partial charge in [0.05, 0.1) is 23.6 Å². The molecule has 2 heterocycles. The van der Waals surface area contributed by atoms with Crippen molar-refractivity contribution in [2.75, 3.05) is 33.4 Å². The number of carbonyl (C=O) groups is 1. The molecule has 32 heavy (non-hydrogen) atoms. The van der Waals surface area contributed by atoms with Crippen LogP contribution < -0.4 is 10.1 Å². The summed E-state index contributed by atoms with van der Waals surface area (Å²) in [6.07, 6.45) is 4.52. The number of nitrogens with zero attached hydrogens (tertiary/aromatic N) is 3. The SMILES string of the molecule is CCOc1nn(C2CCN(C(=O)NC(CC)CCOC)CC2)c2ccc(CC)cc12.[CH3-].[Sm]. The molecular formula is C24H39N4O3Sm-. The fourth-order valence-electron chi connectivity index (χ4n) is 4.12. The van der Waals surface area contributed by atoms with Gasteiger partial charge in [-0.15, -0.1) is 5.10 Å². The summed E-state index contributed by atoms with van der Waals surface area (Å²) < 4.78 is 13.1. The van der Waals surface area contributed by atoms with Crippen LogP contribution in [0.25, 0.3) is 10.9 Å². The van der Waals surface area contributed by atoms with Crippen LogP contribution in [-0.4, -0.2) is 60.2 Å². The maximum atomic E-state index is 12.7. The molecule has 1 saturated heterocycles. The second-order valence-corrected chi connectivity index (χ2v) is 7.94. The Hall–Kier alpha value is -0.942. The van der Waals surface area contributed by atoms with E-state index in [1.807, 2.05) is 11.8 Å². The van der Waals surface area contributed by atoms with E-state index in [9.17, 15) is 4.79 Å². The normalized spacial score (nSPS) is 15.1. The monoisotopic (exact) mass is 583 g/mol. The number of hydrogen-bond donors (Lipinski definition) is 1. The van der Waals surface area contributed by atoms with Crippen LogP contribution in [0.5, 0.6) is 5.88 Å². The number of fused-ring (bicyclic) bond motifs is 1. The number of urea groups is 1. The molecule has 0 bridgehead atoms. The van der Waals surface area contributed by atoms with Crippen LogP contribution in [0.1, 0.15) is 58.1 Å². The summed E-state index contributed by atoms with van der Waals surface area (Å²) in [5.41, 5.74) is 2.40. The van der Waals surface area contributed by atoms with E-state index in [1.54, 1.807) is 7.11 Å². The number of hydrogen-bond acceptors (Lipinski definition) is 4. The Labute approximate surface area is 225 Å². The smallest absolute Gasteiger partial charge is 0.317 e. The predicted molar refractivity (Wildman–Crippen MR) is 126 cm³/mol. The summed E-state index contributed by atoms with van der Waals surface area (Å²) in [5.74, 6) is 0.715. The third-order valence-electron chi connectivity index (χ3n) is 6.01. The van der Waals surface area contributed by atoms with Crippen molar-refractivity contribution in [1.29, 1.82) is 0 Å². The molecule has 1 aliphatic rings. The summed E-state index contributed by atoms with van der Waals surface area (Å²) in [6, 6.07) is 6.98. The first-order chi connectivity index (χ1) is 14.6. The van der Waals surface area contributed by atoms with Gasteiger partial charge in [-0.05, 0) is 56.7 Å². The van der Waals surface area contributed by atoms with Crippen molar-refractivity contribution in [3.63, 3.8) is 0 Å². The number of aryl methyl sites for hydroxylation is 1. The van der Waals surface area contributed by atoms with Gasteiger partial charge in [-0.25, -0.2) is 4.79 Å². The van der Waals surface area contributed by atoms with E-state index in [0.717, 1.165) is 56.1 Å². The van der Waals surface area contributed by atoms with Crippen molar-refractivity contribution in [2.45, 2.75) is 65.0 Å². The van der Waals surface area contributed by atoms with Crippen molar-refractivity contribution in [1.82, 2.24) is 20.0 Å². The summed E-state index contributed by atoms with van der Waals surface area (Å²) in [7, 11) is 1.69. The minimum absolute atomic E-state index is 0. The average Bonchev–Trinajstić information content (AvgIpc) is 3.14. The van der Waals surface area contributed by atoms with E-state index in [1.165, 1.54) is 5.56 Å². The molecule has 1 fully saturated rings. The molecule has 0 spiro atoms. The second kappa shape index (κ2) is 14.3. The standard InChI is InChI=1S/C23H36N4O3.CH3.Sm/c1-5-17-8-9-21-20(16-17)22(30-7-3)25-27(21)19-10-13-26(14-11-19)23(28)24-18(6-2)12-15-29-4;;/h8-9,16,18-19H,5-7,10-15H2,1-4H3,(H,24,28);1H3;/q;-1;. The Morgan fingerprint density at radius 1 is 1.25 bits per heavy atom. The van der Waals surface area contributed by atoms with Gasteiger partial charge in [0, 0.05) is 73.2 Å². The van der Waals surface area contributed by atoms with Gasteiger partial charge >= 0.3 is 6.03 Å². The largest absolute Gasteiger partial charge is 0.476 e. The molecule has 180 valence electrons. The van der Waals surface area contributed by atoms with Crippen LogP contribution in [0.3, 0.4) is 0 Å². The van der Waals surface area contributed by atoms with Gasteiger partial charge in [0.15, 0.2) is 0 Å². The van der Waals surface area contributed by atoms with Crippen LogP contribution in [0.4, 0.5) is 4.79 Å². The molecule has 1 N–H and O–H groups in total. The quantitative estimate of drug-likeness (QED) is 0.439. The second-order valence-electron chi connectivity index (χ2n) is 7.94. The molecule has 8 heteroatoms. The maximum Gasteiger partial charge on any atom is 0.317 e. The van der Waals surface area contributed by atoms with Crippen LogP contribution in [0.2, 0.25) is 0 Å². The number of aromatic nitrogens is 2. The van der Waals surface area contributed by atoms with Gasteiger partial charge < -0.3 is 27.1 Å². The number of nitrogens with one attached hydrogen (secondary N) is 1. The fourth-order valence-corrected chi connectivity index (χ4v) is 4.12. The number of likely N-dealkylation sites (tertiary alicyclic amines) is 1. The number of amides is 2. The molecule has 0 radical (unpaired) electrons. The van der Waals surface area contributed by atoms with Crippen molar-refractivity contribution in [3.05, 3.63) is 31.2 Å². The van der Waals surface area contributed by atoms with Gasteiger partial charge in [-0.1, -0.05) is 19.9 Å². The Kier molecular flexibility index (Phi) is 13.0. The first kappa shape index (κ1) is 29.1. The number of rotatable bonds is 9. The van der Waals surface area contributed by atoms with Gasteiger partial charge in [0.2, 0.25) is 5.88 Å². The molecule has 1 aliphatic heterocycles. The zero-order valence-electron chi connectivity index (χ0n) is 20.2. The molecule has 1 aromatic carbocycles. The van der Waals surface area contributed by atoms with Gasteiger partial charge in [0.1, 0.15) is 0 Å². The van der Waals surface area contributed by atoms with Gasteiger partial charge in [-0.3, -0.25) is 4.68 Å². The zero-order chi connectivity index (χ0) is 21.5. The summed E-state index contributed by atoms with van der Waals surface area (Å²) in [6.45, 7) is 8.96. The van der Waals surface area contributed by atoms with E-state index < -0.39 is 0 Å². The summed E-state index contributed by atoms with van der Waals surface area (Å²) in [4.78, 5) is 14.6. The molecular weight excluding hydrogens is 543 g/mol. The molecule has 0 aliphatic carbocycles. The van der Waals surface area contributed by atoms with Crippen LogP contribution in [-0.2, 0) is 11.2 Å². The van der Waals surface area contributed by atoms with E-state index in [0.29, 0.717) is 19.1 Å². The number of benzene rings is 1. The molecule has 2 amide bonds. The third kappa shape index (κ3) is 7.03. The Bertz CT molecular complexity index is 834. The molecule has 2 aromatic rings. The van der Waals surface area contributed by atoms with Crippen LogP contribution in [0, 0.1) is 47.8 Å². The van der Waals surface area contributed by atoms with Crippen LogP contribution >= 0.6 is 0 Å². The summed E-state index contributed by atoms with van der Waals surface area (Å²) in [5, 5.41) is 9.04. The Morgan fingerprint density at radius 2 is 1.97 bits per heavy atom. The fraction of sp³-hybridized carbons (Fsp3) is 0.625. The Morgan fingerprint density at radius 3 is 2.56 bits per heavy atom. The summed E-state index contributed by atoms with van der Waals surface area (Å²) >= 11 is 0. The van der Waals surface area contributed by atoms with E-state index in [2.05, 4.69) is 42.0 Å². The first-order valence-corrected chi connectivity index (χ1v) is 11.3. The van der Waals surface area contributed by atoms with E-state index >= 15 is 0 Å². The Balaban J connectivity index is 0.00000256. The zero-order valence-corrected chi connectivity index (χ0v) is 22.8. The number of ether oxygens (including phenoxy) is 2. The topological polar surface area (TPSA) is 68.6 Å². The van der Waals surface area contributed by atoms with Gasteiger partial charge in [-0.2, -0.15) is 0 Å². The number of carbonyl (C=O) groups excluding carboxylic acids is 1. The molecule has 1 aromatic heterocycles. The number of methoxy groups -OCH3 is 1. The van der Waals surface area contributed by atoms with E-state index in [-0.39, 0.29) is 65.9 Å². The van der Waals surface area contributed by atoms with Crippen molar-refractivity contribution in [2.24, 2.45) is 0 Å². The minimum Gasteiger partial charge on any atom is -0.476 e. The molecule has 1 atom stereocenters. The van der Waals surface area contributed by atoms with Crippen molar-refractivity contribution < 1.29 is 54.7 Å². The maximum absolute atomic E-state index is 12.7. The van der Waals surface area contributed by atoms with Gasteiger partial charge in [0.25, 0.3) is 0 Å². The predicted octanol–water partition coefficient (Wildman–Crippen LogP) is 4.61. The minimum atomic E-state index is 0. The number of piperidine rings is 1. The van der Waals surface area contributed by atoms with Crippen LogP contribution in [0.15, 0.2) is 18.2 Å². The molecule has 1 unspecified atom stereocenters. The third-order valence-corrected chi connectivity index (χ3v) is 6.01. The molecule has 7 nitrogen and oxygen atoms in total. The van der Waals surface area contributed by atoms with Crippen molar-refractivity contribution in [3.8, 4) is 5.88 Å². The van der Waals surface area contributed by atoms with Crippen molar-refractivity contribution >= 4 is 16.9 Å².